The fourth-order valence-electron chi connectivity index (χ4n) is 4.34. The average molecular weight is 521 g/mol. The molecule has 0 atom stereocenters. The first kappa shape index (κ1) is 27.1. The highest BCUT2D eigenvalue weighted by atomic mass is 32.2. The highest BCUT2D eigenvalue weighted by Crippen LogP contribution is 2.28. The van der Waals surface area contributed by atoms with Gasteiger partial charge in [-0.05, 0) is 25.5 Å². The van der Waals surface area contributed by atoms with Crippen molar-refractivity contribution in [3.05, 3.63) is 29.8 Å². The minimum Gasteiger partial charge on any atom is -0.312 e. The second-order valence-electron chi connectivity index (χ2n) is 8.60. The third-order valence-electron chi connectivity index (χ3n) is 6.34. The number of anilines is 1. The zero-order valence-corrected chi connectivity index (χ0v) is 20.2. The molecular weight excluding hydrogens is 491 g/mol. The van der Waals surface area contributed by atoms with Crippen molar-refractivity contribution >= 4 is 33.4 Å². The van der Waals surface area contributed by atoms with Gasteiger partial charge < -0.3 is 4.90 Å². The number of alkyl halides is 3. The molecule has 1 fully saturated rings. The summed E-state index contributed by atoms with van der Waals surface area (Å²) >= 11 is 0. The molecule has 1 aromatic rings. The fraction of sp³-hybridized carbons (Fsp3) is 0.591. The lowest BCUT2D eigenvalue weighted by Crippen LogP contribution is -2.62. The van der Waals surface area contributed by atoms with E-state index in [0.717, 1.165) is 0 Å². The van der Waals surface area contributed by atoms with Crippen molar-refractivity contribution < 1.29 is 45.5 Å². The number of quaternary nitrogens is 1. The van der Waals surface area contributed by atoms with E-state index in [1.54, 1.807) is 24.3 Å². The van der Waals surface area contributed by atoms with Gasteiger partial charge in [0.25, 0.3) is 0 Å². The maximum atomic E-state index is 12.9. The number of fused-ring (bicyclic) bond motifs is 1. The van der Waals surface area contributed by atoms with Crippen LogP contribution in [0.1, 0.15) is 43.0 Å². The van der Waals surface area contributed by atoms with Crippen LogP contribution in [0.3, 0.4) is 0 Å². The summed E-state index contributed by atoms with van der Waals surface area (Å²) in [5, 5.41) is 0. The molecule has 2 aliphatic rings. The predicted molar refractivity (Wildman–Crippen MR) is 120 cm³/mol. The first-order chi connectivity index (χ1) is 16.4. The summed E-state index contributed by atoms with van der Waals surface area (Å²) < 4.78 is 63.6. The Morgan fingerprint density at radius 2 is 1.74 bits per heavy atom. The fourth-order valence-corrected chi connectivity index (χ4v) is 5.43. The minimum atomic E-state index is -5.17. The minimum absolute atomic E-state index is 0.0322. The van der Waals surface area contributed by atoms with Crippen molar-refractivity contribution in [1.82, 2.24) is 4.31 Å². The Balaban J connectivity index is 1.68. The molecule has 194 valence electrons. The van der Waals surface area contributed by atoms with Crippen molar-refractivity contribution in [3.8, 4) is 0 Å². The van der Waals surface area contributed by atoms with Gasteiger partial charge in [0.15, 0.2) is 5.78 Å². The Morgan fingerprint density at radius 3 is 2.37 bits per heavy atom. The molecule has 0 unspecified atom stereocenters. The number of halogens is 3. The van der Waals surface area contributed by atoms with E-state index in [0.29, 0.717) is 24.1 Å². The normalized spacial score (nSPS) is 19.3. The number of amides is 1. The maximum Gasteiger partial charge on any atom is 0.497 e. The zero-order chi connectivity index (χ0) is 25.9. The quantitative estimate of drug-likeness (QED) is 0.385. The number of Topliss-reactive ketones (excluding diaryl/α,β-unsaturated/α-hetero) is 1. The number of para-hydroxylation sites is 1. The Kier molecular flexibility index (Phi) is 8.22. The molecule has 0 radical (unpaired) electrons. The standard InChI is InChI=1S/C22H29F3N3O6S/c1-2-35(32,33)26-12-15-28(16-13-26,34-21(31)22(23,24)25)14-6-5-11-27-18-8-4-3-7-17(18)19(29)9-10-20(27)30/h3-4,7-8H,2,5-6,9-16H2,1H3/q+1. The highest BCUT2D eigenvalue weighted by molar-refractivity contribution is 7.89. The number of nitrogens with zero attached hydrogens (tertiary/aromatic N) is 3. The first-order valence-electron chi connectivity index (χ1n) is 11.5. The van der Waals surface area contributed by atoms with Gasteiger partial charge in [0.05, 0.1) is 24.5 Å². The lowest BCUT2D eigenvalue weighted by molar-refractivity contribution is -1.09. The molecular formula is C22H29F3N3O6S+. The molecule has 0 saturated carbocycles. The van der Waals surface area contributed by atoms with E-state index < -0.39 is 26.8 Å². The number of unbranched alkanes of at least 4 members (excludes halogenated alkanes) is 1. The molecule has 1 saturated heterocycles. The third kappa shape index (κ3) is 6.39. The van der Waals surface area contributed by atoms with Crippen molar-refractivity contribution in [2.45, 2.75) is 38.8 Å². The molecule has 1 aromatic carbocycles. The molecule has 2 heterocycles. The van der Waals surface area contributed by atoms with Gasteiger partial charge in [-0.15, -0.1) is 4.65 Å². The van der Waals surface area contributed by atoms with E-state index >= 15 is 0 Å². The molecule has 3 rings (SSSR count). The Bertz CT molecular complexity index is 1070. The Labute approximate surface area is 202 Å². The summed E-state index contributed by atoms with van der Waals surface area (Å²) in [6.45, 7) is 1.40. The van der Waals surface area contributed by atoms with Gasteiger partial charge in [-0.1, -0.05) is 12.1 Å². The second-order valence-corrected chi connectivity index (χ2v) is 10.9. The summed E-state index contributed by atoms with van der Waals surface area (Å²) in [7, 11) is -3.52. The van der Waals surface area contributed by atoms with E-state index in [2.05, 4.69) is 0 Å². The molecule has 2 aliphatic heterocycles. The van der Waals surface area contributed by atoms with Crippen LogP contribution >= 0.6 is 0 Å². The number of carbonyl (C=O) groups is 3. The zero-order valence-electron chi connectivity index (χ0n) is 19.4. The number of hydrogen-bond donors (Lipinski definition) is 0. The number of hydroxylamine groups is 3. The summed E-state index contributed by atoms with van der Waals surface area (Å²) in [5.74, 6) is -2.79. The van der Waals surface area contributed by atoms with Crippen molar-refractivity contribution in [3.63, 3.8) is 0 Å². The van der Waals surface area contributed by atoms with E-state index in [4.69, 9.17) is 4.84 Å². The summed E-state index contributed by atoms with van der Waals surface area (Å²) in [6, 6.07) is 6.78. The largest absolute Gasteiger partial charge is 0.497 e. The number of benzene rings is 1. The van der Waals surface area contributed by atoms with Gasteiger partial charge in [0.1, 0.15) is 19.6 Å². The van der Waals surface area contributed by atoms with Crippen LogP contribution in [0.4, 0.5) is 18.9 Å². The molecule has 0 aromatic heterocycles. The van der Waals surface area contributed by atoms with Gasteiger partial charge in [0.2, 0.25) is 15.9 Å². The first-order valence-corrected chi connectivity index (χ1v) is 13.1. The lowest BCUT2D eigenvalue weighted by atomic mass is 10.1. The topological polar surface area (TPSA) is 101 Å². The monoisotopic (exact) mass is 520 g/mol. The van der Waals surface area contributed by atoms with Crippen LogP contribution in [0.15, 0.2) is 24.3 Å². The number of ketones is 1. The second kappa shape index (κ2) is 10.6. The molecule has 0 spiro atoms. The van der Waals surface area contributed by atoms with Crippen LogP contribution in [0.2, 0.25) is 0 Å². The average Bonchev–Trinajstić information content (AvgIpc) is 2.93. The number of hydrogen-bond acceptors (Lipinski definition) is 6. The van der Waals surface area contributed by atoms with E-state index in [9.17, 15) is 36.0 Å². The van der Waals surface area contributed by atoms with Crippen molar-refractivity contribution in [2.75, 3.05) is 49.9 Å². The van der Waals surface area contributed by atoms with Crippen molar-refractivity contribution in [2.24, 2.45) is 0 Å². The van der Waals surface area contributed by atoms with Crippen LogP contribution in [0.5, 0.6) is 0 Å². The van der Waals surface area contributed by atoms with E-state index in [1.165, 1.54) is 16.1 Å². The van der Waals surface area contributed by atoms with Gasteiger partial charge in [-0.25, -0.2) is 13.2 Å². The summed E-state index contributed by atoms with van der Waals surface area (Å²) in [6.07, 6.45) is -4.30. The summed E-state index contributed by atoms with van der Waals surface area (Å²) in [5.41, 5.74) is 0.958. The Hall–Kier alpha value is -2.51. The SMILES string of the molecule is CCS(=O)(=O)N1CC[N+](CCCCN2C(=O)CCC(=O)c3ccccc32)(OC(=O)C(F)(F)F)CC1. The van der Waals surface area contributed by atoms with Crippen molar-refractivity contribution in [1.29, 1.82) is 0 Å². The Morgan fingerprint density at radius 1 is 1.09 bits per heavy atom. The van der Waals surface area contributed by atoms with Crippen LogP contribution < -0.4 is 4.90 Å². The number of sulfonamides is 1. The van der Waals surface area contributed by atoms with Gasteiger partial charge in [-0.2, -0.15) is 17.5 Å². The molecule has 35 heavy (non-hydrogen) atoms. The molecule has 1 amide bonds. The van der Waals surface area contributed by atoms with Crippen LogP contribution in [0.25, 0.3) is 0 Å². The van der Waals surface area contributed by atoms with Gasteiger partial charge in [-0.3, -0.25) is 14.4 Å². The summed E-state index contributed by atoms with van der Waals surface area (Å²) in [4.78, 5) is 42.9. The molecule has 0 aliphatic carbocycles. The third-order valence-corrected chi connectivity index (χ3v) is 8.22. The van der Waals surface area contributed by atoms with Crippen LogP contribution in [-0.2, 0) is 24.4 Å². The van der Waals surface area contributed by atoms with Gasteiger partial charge in [0, 0.05) is 31.4 Å². The van der Waals surface area contributed by atoms with E-state index in [1.807, 2.05) is 0 Å². The highest BCUT2D eigenvalue weighted by Gasteiger charge is 2.49. The number of piperazine rings is 1. The van der Waals surface area contributed by atoms with Gasteiger partial charge >= 0.3 is 12.1 Å². The number of rotatable bonds is 8. The van der Waals surface area contributed by atoms with Crippen LogP contribution in [0, 0.1) is 0 Å². The smallest absolute Gasteiger partial charge is 0.312 e. The molecule has 9 nitrogen and oxygen atoms in total. The van der Waals surface area contributed by atoms with E-state index in [-0.39, 0.29) is 69.6 Å². The lowest BCUT2D eigenvalue weighted by Gasteiger charge is -2.40. The molecule has 0 bridgehead atoms. The molecule has 13 heteroatoms. The predicted octanol–water partition coefficient (Wildman–Crippen LogP) is 2.28. The maximum absolute atomic E-state index is 12.9. The molecule has 0 N–H and O–H groups in total. The van der Waals surface area contributed by atoms with Crippen LogP contribution in [-0.4, -0.2) is 86.2 Å². The number of carbonyl (C=O) groups excluding carboxylic acids is 3.